The third-order valence-corrected chi connectivity index (χ3v) is 11.2. The van der Waals surface area contributed by atoms with Crippen LogP contribution in [0.3, 0.4) is 0 Å². The van der Waals surface area contributed by atoms with E-state index in [0.717, 1.165) is 60.4 Å². The van der Waals surface area contributed by atoms with Gasteiger partial charge in [0.2, 0.25) is 0 Å². The first kappa shape index (κ1) is 47.0. The van der Waals surface area contributed by atoms with Gasteiger partial charge in [0.15, 0.2) is 11.5 Å². The zero-order valence-electron chi connectivity index (χ0n) is 35.3. The van der Waals surface area contributed by atoms with Gasteiger partial charge in [-0.1, -0.05) is 50.5 Å². The van der Waals surface area contributed by atoms with Crippen LogP contribution < -0.4 is 20.1 Å². The smallest absolute Gasteiger partial charge is 0.165 e. The summed E-state index contributed by atoms with van der Waals surface area (Å²) in [5, 5.41) is 36.6. The maximum atomic E-state index is 11.2. The number of aromatic hydroxyl groups is 1. The highest BCUT2D eigenvalue weighted by molar-refractivity contribution is 6.31. The molecule has 2 aromatic rings. The molecule has 0 amide bonds. The van der Waals surface area contributed by atoms with E-state index in [2.05, 4.69) is 16.2 Å². The number of phenolic OH excluding ortho intramolecular Hbond substituents is 1. The van der Waals surface area contributed by atoms with Gasteiger partial charge in [0.05, 0.1) is 58.9 Å². The summed E-state index contributed by atoms with van der Waals surface area (Å²) in [4.78, 5) is 4.39. The average molecular weight is 828 g/mol. The van der Waals surface area contributed by atoms with Gasteiger partial charge in [-0.2, -0.15) is 5.10 Å². The molecule has 5 N–H and O–H groups in total. The van der Waals surface area contributed by atoms with E-state index >= 15 is 0 Å². The van der Waals surface area contributed by atoms with E-state index in [4.69, 9.17) is 45.9 Å². The molecule has 0 spiro atoms. The van der Waals surface area contributed by atoms with Crippen molar-refractivity contribution in [1.29, 1.82) is 0 Å². The van der Waals surface area contributed by atoms with Gasteiger partial charge in [-0.05, 0) is 87.4 Å². The minimum atomic E-state index is -0.878. The summed E-state index contributed by atoms with van der Waals surface area (Å²) in [6, 6.07) is 7.57. The Morgan fingerprint density at radius 2 is 1.57 bits per heavy atom. The molecule has 1 aliphatic carbocycles. The first-order chi connectivity index (χ1) is 27.8. The van der Waals surface area contributed by atoms with Crippen LogP contribution in [0.25, 0.3) is 12.2 Å². The first-order valence-corrected chi connectivity index (χ1v) is 21.0. The number of fused-ring (bicyclic) bond motifs is 2. The summed E-state index contributed by atoms with van der Waals surface area (Å²) in [5.74, 6) is 8.23. The van der Waals surface area contributed by atoms with E-state index in [1.807, 2.05) is 65.0 Å². The Morgan fingerprint density at radius 1 is 0.914 bits per heavy atom. The van der Waals surface area contributed by atoms with Crippen LogP contribution in [0.5, 0.6) is 23.0 Å². The Labute approximate surface area is 350 Å². The molecule has 12 nitrogen and oxygen atoms in total. The van der Waals surface area contributed by atoms with Crippen molar-refractivity contribution >= 4 is 35.7 Å². The number of hydrazone groups is 1. The minimum absolute atomic E-state index is 0.0341. The lowest BCUT2D eigenvalue weighted by Gasteiger charge is -2.56. The third-order valence-electron chi connectivity index (χ3n) is 11.0. The molecule has 1 heterocycles. The maximum absolute atomic E-state index is 11.2. The molecule has 1 aliphatic heterocycles. The van der Waals surface area contributed by atoms with Gasteiger partial charge in [0.25, 0.3) is 0 Å². The number of halogens is 1. The van der Waals surface area contributed by atoms with Crippen molar-refractivity contribution in [2.24, 2.45) is 27.3 Å². The Bertz CT molecular complexity index is 1730. The number of alkyl halides is 1. The number of hydrogen-bond donors (Lipinski definition) is 4. The van der Waals surface area contributed by atoms with Crippen LogP contribution in [-0.4, -0.2) is 111 Å². The van der Waals surface area contributed by atoms with E-state index in [-0.39, 0.29) is 18.3 Å². The van der Waals surface area contributed by atoms with Crippen molar-refractivity contribution < 1.29 is 43.7 Å². The largest absolute Gasteiger partial charge is 0.507 e. The lowest BCUT2D eigenvalue weighted by molar-refractivity contribution is -0.187. The molecule has 13 heteroatoms. The highest BCUT2D eigenvalue weighted by Gasteiger charge is 2.58. The molecule has 0 aromatic heterocycles. The number of nitrogens with two attached hydrogens (primary N) is 1. The summed E-state index contributed by atoms with van der Waals surface area (Å²) in [5.41, 5.74) is 3.52. The highest BCUT2D eigenvalue weighted by Crippen LogP contribution is 2.55. The van der Waals surface area contributed by atoms with Gasteiger partial charge < -0.3 is 49.6 Å². The maximum Gasteiger partial charge on any atom is 0.165 e. The van der Waals surface area contributed by atoms with Gasteiger partial charge in [-0.3, -0.25) is 4.99 Å². The molecule has 58 heavy (non-hydrogen) atoms. The predicted octanol–water partition coefficient (Wildman–Crippen LogP) is 7.15. The molecule has 322 valence electrons. The van der Waals surface area contributed by atoms with Crippen LogP contribution in [0.1, 0.15) is 89.0 Å². The van der Waals surface area contributed by atoms with Gasteiger partial charge in [-0.15, -0.1) is 11.6 Å². The molecule has 0 saturated heterocycles. The van der Waals surface area contributed by atoms with Gasteiger partial charge in [-0.25, -0.2) is 0 Å². The van der Waals surface area contributed by atoms with Crippen molar-refractivity contribution in [3.05, 3.63) is 58.2 Å². The molecule has 2 aliphatic rings. The number of benzene rings is 2. The van der Waals surface area contributed by atoms with Gasteiger partial charge >= 0.3 is 0 Å². The molecular weight excluding hydrogens is 762 g/mol. The summed E-state index contributed by atoms with van der Waals surface area (Å²) in [6.45, 7) is 13.7. The Kier molecular flexibility index (Phi) is 18.8. The predicted molar refractivity (Wildman–Crippen MR) is 232 cm³/mol. The van der Waals surface area contributed by atoms with Crippen LogP contribution in [0.4, 0.5) is 0 Å². The van der Waals surface area contributed by atoms with E-state index in [0.29, 0.717) is 87.4 Å². The molecule has 0 radical (unpaired) electrons. The van der Waals surface area contributed by atoms with Crippen LogP contribution in [0.2, 0.25) is 0 Å². The second-order valence-electron chi connectivity index (χ2n) is 16.1. The number of aliphatic imine (C=N–C) groups is 1. The molecular formula is C45H66ClN3O9. The fraction of sp³-hybridized carbons (Fsp3) is 0.600. The number of hydrogen-bond acceptors (Lipinski definition) is 12. The average Bonchev–Trinajstić information content (AvgIpc) is 3.19. The zero-order valence-corrected chi connectivity index (χ0v) is 36.1. The number of phenols is 1. The Hall–Kier alpha value is -3.65. The topological polar surface area (TPSA) is 167 Å². The van der Waals surface area contributed by atoms with Crippen LogP contribution in [0, 0.1) is 11.3 Å². The Balaban J connectivity index is 1.35. The molecule has 4 rings (SSSR count). The number of allylic oxidation sites excluding steroid dienone is 2. The van der Waals surface area contributed by atoms with E-state index in [1.165, 1.54) is 0 Å². The number of nitrogens with zero attached hydrogens (tertiary/aromatic N) is 2. The molecule has 2 aromatic carbocycles. The second kappa shape index (κ2) is 23.2. The molecule has 0 bridgehead atoms. The molecule has 1 unspecified atom stereocenters. The lowest BCUT2D eigenvalue weighted by Crippen LogP contribution is -2.63. The summed E-state index contributed by atoms with van der Waals surface area (Å²) in [7, 11) is 1.61. The van der Waals surface area contributed by atoms with E-state index in [9.17, 15) is 15.3 Å². The summed E-state index contributed by atoms with van der Waals surface area (Å²) in [6.07, 6.45) is 11.6. The number of methoxy groups -OCH3 is 1. The van der Waals surface area contributed by atoms with Crippen molar-refractivity contribution in [3.8, 4) is 23.0 Å². The van der Waals surface area contributed by atoms with Crippen molar-refractivity contribution in [1.82, 2.24) is 0 Å². The quantitative estimate of drug-likeness (QED) is 0.0162. The minimum Gasteiger partial charge on any atom is -0.507 e. The SMILES string of the molecule is COc1cc(/C=C/c2cc(O)c(CC=C(C)C)c(OCC(C=NCCOCCOCCOCCCCCCCl)=NN)c2)cc2c1O[C@]1(C)C[C@@H](O)[C@@H](O)C(C)(C)C1C2. The fourth-order valence-electron chi connectivity index (χ4n) is 7.72. The normalized spacial score (nSPS) is 21.5. The third kappa shape index (κ3) is 13.4. The fourth-order valence-corrected chi connectivity index (χ4v) is 7.91. The second-order valence-corrected chi connectivity index (χ2v) is 16.5. The van der Waals surface area contributed by atoms with E-state index in [1.54, 1.807) is 19.4 Å². The van der Waals surface area contributed by atoms with Crippen molar-refractivity contribution in [2.75, 3.05) is 65.8 Å². The number of unbranched alkanes of at least 4 members (excludes halogenated alkanes) is 3. The van der Waals surface area contributed by atoms with Crippen LogP contribution in [0.15, 0.2) is 46.0 Å². The zero-order chi connectivity index (χ0) is 42.1. The molecule has 1 fully saturated rings. The van der Waals surface area contributed by atoms with Gasteiger partial charge in [0, 0.05) is 42.0 Å². The molecule has 1 saturated carbocycles. The summed E-state index contributed by atoms with van der Waals surface area (Å²) < 4.78 is 35.4. The van der Waals surface area contributed by atoms with E-state index < -0.39 is 23.2 Å². The number of ether oxygens (including phenoxy) is 6. The lowest BCUT2D eigenvalue weighted by atomic mass is 9.57. The van der Waals surface area contributed by atoms with Gasteiger partial charge in [0.1, 0.15) is 29.4 Å². The van der Waals surface area contributed by atoms with Crippen molar-refractivity contribution in [2.45, 2.75) is 97.4 Å². The number of aliphatic hydroxyl groups is 2. The van der Waals surface area contributed by atoms with Crippen LogP contribution in [-0.2, 0) is 27.1 Å². The van der Waals surface area contributed by atoms with Crippen LogP contribution >= 0.6 is 11.6 Å². The first-order valence-electron chi connectivity index (χ1n) is 20.4. The molecule has 4 atom stereocenters. The van der Waals surface area contributed by atoms with Crippen molar-refractivity contribution in [3.63, 3.8) is 0 Å². The number of aliphatic hydroxyl groups excluding tert-OH is 2. The standard InChI is InChI=1S/C45H66ClN3O9/c1-31(2)11-14-36-37(50)24-33(13-12-32-23-34-27-41-44(3,4)43(52)38(51)28-45(41,5)58-42(34)40(26-32)53-6)25-39(36)57-30-35(49-47)29-48-16-18-55-20-22-56-21-19-54-17-10-8-7-9-15-46/h11-13,23-26,29,38,41,43,50-52H,7-10,14-22,27-28,30,47H2,1-6H3/b13-12+,48-29?,49-35?/t38-,41?,43-,45-/m1/s1. The number of rotatable bonds is 24. The highest BCUT2D eigenvalue weighted by atomic mass is 35.5. The summed E-state index contributed by atoms with van der Waals surface area (Å²) >= 11 is 5.70. The Morgan fingerprint density at radius 3 is 2.24 bits per heavy atom. The monoisotopic (exact) mass is 827 g/mol.